The van der Waals surface area contributed by atoms with Crippen molar-refractivity contribution < 1.29 is 29.0 Å². The summed E-state index contributed by atoms with van der Waals surface area (Å²) >= 11 is 0. The van der Waals surface area contributed by atoms with Crippen LogP contribution < -0.4 is 9.64 Å². The van der Waals surface area contributed by atoms with Crippen molar-refractivity contribution in [2.75, 3.05) is 31.2 Å². The highest BCUT2D eigenvalue weighted by molar-refractivity contribution is 6.03. The predicted octanol–water partition coefficient (Wildman–Crippen LogP) is 5.81. The van der Waals surface area contributed by atoms with E-state index in [4.69, 9.17) is 9.47 Å². The van der Waals surface area contributed by atoms with E-state index in [9.17, 15) is 9.90 Å². The number of carbonyl (C=O) groups excluding carboxylic acids is 3. The molecule has 2 unspecified atom stereocenters. The number of hydrogen-bond donors (Lipinski definition) is 1. The number of hydrogen-bond acceptors (Lipinski definition) is 6. The van der Waals surface area contributed by atoms with Gasteiger partial charge < -0.3 is 29.3 Å². The van der Waals surface area contributed by atoms with Gasteiger partial charge in [0.1, 0.15) is 17.4 Å². The van der Waals surface area contributed by atoms with Crippen LogP contribution in [0.5, 0.6) is 5.75 Å². The summed E-state index contributed by atoms with van der Waals surface area (Å²) in [6.45, 7) is 21.0. The first-order valence-corrected chi connectivity index (χ1v) is 17.9. The van der Waals surface area contributed by atoms with E-state index in [0.29, 0.717) is 43.7 Å². The van der Waals surface area contributed by atoms with E-state index in [-0.39, 0.29) is 42.8 Å². The Morgan fingerprint density at radius 1 is 1.04 bits per heavy atom. The molecule has 2 bridgehead atoms. The van der Waals surface area contributed by atoms with Crippen molar-refractivity contribution >= 4 is 23.4 Å². The number of anilines is 1. The highest BCUT2D eigenvalue weighted by atomic mass is 16.5. The number of amides is 3. The minimum Gasteiger partial charge on any atom is -0.494 e. The fourth-order valence-electron chi connectivity index (χ4n) is 9.01. The van der Waals surface area contributed by atoms with Gasteiger partial charge in [-0.05, 0) is 81.7 Å². The van der Waals surface area contributed by atoms with Crippen LogP contribution in [0.3, 0.4) is 0 Å². The van der Waals surface area contributed by atoms with Crippen LogP contribution in [0, 0.1) is 17.3 Å². The topological polar surface area (TPSA) is 99.6 Å². The van der Waals surface area contributed by atoms with Crippen LogP contribution in [0.15, 0.2) is 79.9 Å². The molecule has 270 valence electrons. The molecule has 6 atom stereocenters. The van der Waals surface area contributed by atoms with E-state index >= 15 is 9.59 Å². The summed E-state index contributed by atoms with van der Waals surface area (Å²) in [5.74, 6) is -1.82. The van der Waals surface area contributed by atoms with E-state index in [2.05, 4.69) is 33.9 Å². The molecular formula is C41H55N3O6. The molecule has 50 heavy (non-hydrogen) atoms. The van der Waals surface area contributed by atoms with Crippen molar-refractivity contribution in [1.82, 2.24) is 9.80 Å². The summed E-state index contributed by atoms with van der Waals surface area (Å²) < 4.78 is 12.5. The third-order valence-electron chi connectivity index (χ3n) is 10.5. The molecule has 5 rings (SSSR count). The van der Waals surface area contributed by atoms with Crippen LogP contribution in [0.2, 0.25) is 0 Å². The molecule has 0 aliphatic carbocycles. The van der Waals surface area contributed by atoms with E-state index < -0.39 is 41.2 Å². The summed E-state index contributed by atoms with van der Waals surface area (Å²) in [6.07, 6.45) is 4.90. The second kappa shape index (κ2) is 14.7. The number of likely N-dealkylation sites (tertiary alicyclic amines) is 1. The molecular weight excluding hydrogens is 630 g/mol. The SMILES string of the molecule is C=CCN(C(=O)[C@@H]1[C@@H]2CCC3(O2)C(C(=O)N(CC=C)C(C)(C)CC(C)(C)C)N([C@@H](CO)Cc2ccccc2)C(=O)[C@H]13)c1ccc(OCC)cc1. The molecule has 0 radical (unpaired) electrons. The maximum atomic E-state index is 15.2. The average Bonchev–Trinajstić information content (AvgIpc) is 3.71. The number of ether oxygens (including phenoxy) is 2. The molecule has 1 spiro atoms. The fourth-order valence-corrected chi connectivity index (χ4v) is 9.01. The van der Waals surface area contributed by atoms with Gasteiger partial charge in [-0.25, -0.2) is 0 Å². The lowest BCUT2D eigenvalue weighted by molar-refractivity contribution is -0.155. The maximum absolute atomic E-state index is 15.2. The highest BCUT2D eigenvalue weighted by Crippen LogP contribution is 2.59. The second-order valence-electron chi connectivity index (χ2n) is 15.8. The zero-order valence-electron chi connectivity index (χ0n) is 30.6. The molecule has 3 saturated heterocycles. The molecule has 3 aliphatic heterocycles. The zero-order chi connectivity index (χ0) is 36.4. The van der Waals surface area contributed by atoms with Gasteiger partial charge in [0, 0.05) is 24.3 Å². The Hall–Kier alpha value is -3.95. The quantitative estimate of drug-likeness (QED) is 0.238. The largest absolute Gasteiger partial charge is 0.494 e. The Kier molecular flexibility index (Phi) is 11.0. The van der Waals surface area contributed by atoms with Crippen LogP contribution >= 0.6 is 0 Å². The normalized spacial score (nSPS) is 24.9. The van der Waals surface area contributed by atoms with Gasteiger partial charge in [-0.3, -0.25) is 14.4 Å². The Bertz CT molecular complexity index is 1550. The monoisotopic (exact) mass is 685 g/mol. The van der Waals surface area contributed by atoms with Crippen LogP contribution in [-0.2, 0) is 25.5 Å². The second-order valence-corrected chi connectivity index (χ2v) is 15.8. The molecule has 9 heteroatoms. The minimum absolute atomic E-state index is 0.0918. The van der Waals surface area contributed by atoms with Gasteiger partial charge in [-0.15, -0.1) is 13.2 Å². The third-order valence-corrected chi connectivity index (χ3v) is 10.5. The van der Waals surface area contributed by atoms with Crippen LogP contribution in [0.25, 0.3) is 0 Å². The number of aliphatic hydroxyl groups is 1. The van der Waals surface area contributed by atoms with Crippen molar-refractivity contribution in [1.29, 1.82) is 0 Å². The first-order chi connectivity index (χ1) is 23.7. The Balaban J connectivity index is 1.60. The number of benzene rings is 2. The van der Waals surface area contributed by atoms with Gasteiger partial charge in [0.25, 0.3) is 0 Å². The van der Waals surface area contributed by atoms with Crippen molar-refractivity contribution in [3.05, 3.63) is 85.5 Å². The smallest absolute Gasteiger partial charge is 0.249 e. The molecule has 2 aromatic rings. The van der Waals surface area contributed by atoms with Crippen molar-refractivity contribution in [3.8, 4) is 5.75 Å². The summed E-state index contributed by atoms with van der Waals surface area (Å²) in [5, 5.41) is 10.9. The zero-order valence-corrected chi connectivity index (χ0v) is 30.6. The number of rotatable bonds is 15. The number of carbonyl (C=O) groups is 3. The van der Waals surface area contributed by atoms with Gasteiger partial charge in [-0.2, -0.15) is 0 Å². The fraction of sp³-hybridized carbons (Fsp3) is 0.537. The van der Waals surface area contributed by atoms with Crippen LogP contribution in [0.1, 0.15) is 66.4 Å². The van der Waals surface area contributed by atoms with Gasteiger partial charge in [0.15, 0.2) is 0 Å². The standard InChI is InChI=1S/C41H55N3O6/c1-9-23-42(29-17-19-31(20-18-29)49-11-3)36(46)33-32-21-22-41(50-32)34(33)37(47)44(30(26-45)25-28-15-13-12-14-16-28)35(41)38(48)43(24-10-2)40(7,8)27-39(4,5)6/h9-10,12-20,30,32-35,45H,1-2,11,21-27H2,3-8H3/t30-,32+,33-,34+,35?,41?/m1/s1. The van der Waals surface area contributed by atoms with E-state index in [1.165, 1.54) is 0 Å². The molecule has 0 saturated carbocycles. The first kappa shape index (κ1) is 37.3. The summed E-state index contributed by atoms with van der Waals surface area (Å²) in [7, 11) is 0. The number of aliphatic hydroxyl groups excluding tert-OH is 1. The van der Waals surface area contributed by atoms with Crippen LogP contribution in [0.4, 0.5) is 5.69 Å². The summed E-state index contributed by atoms with van der Waals surface area (Å²) in [4.78, 5) is 50.0. The highest BCUT2D eigenvalue weighted by Gasteiger charge is 2.75. The Morgan fingerprint density at radius 2 is 1.70 bits per heavy atom. The maximum Gasteiger partial charge on any atom is 0.249 e. The van der Waals surface area contributed by atoms with Crippen LogP contribution in [-0.4, -0.2) is 88.3 Å². The summed E-state index contributed by atoms with van der Waals surface area (Å²) in [6, 6.07) is 15.2. The lowest BCUT2D eigenvalue weighted by Gasteiger charge is -2.46. The third kappa shape index (κ3) is 6.99. The average molecular weight is 686 g/mol. The van der Waals surface area contributed by atoms with Crippen molar-refractivity contribution in [3.63, 3.8) is 0 Å². The lowest BCUT2D eigenvalue weighted by atomic mass is 9.70. The first-order valence-electron chi connectivity index (χ1n) is 17.9. The van der Waals surface area contributed by atoms with Crippen molar-refractivity contribution in [2.24, 2.45) is 17.3 Å². The molecule has 1 N–H and O–H groups in total. The van der Waals surface area contributed by atoms with Crippen molar-refractivity contribution in [2.45, 2.75) is 96.6 Å². The Labute approximate surface area is 297 Å². The molecule has 3 aliphatic rings. The number of fused-ring (bicyclic) bond motifs is 1. The van der Waals surface area contributed by atoms with E-state index in [1.54, 1.807) is 22.0 Å². The van der Waals surface area contributed by atoms with Gasteiger partial charge in [0.2, 0.25) is 17.7 Å². The molecule has 0 aromatic heterocycles. The summed E-state index contributed by atoms with van der Waals surface area (Å²) in [5.41, 5.74) is -0.323. The van der Waals surface area contributed by atoms with E-state index in [1.807, 2.05) is 80.3 Å². The van der Waals surface area contributed by atoms with Gasteiger partial charge in [-0.1, -0.05) is 63.3 Å². The Morgan fingerprint density at radius 3 is 2.28 bits per heavy atom. The molecule has 2 aromatic carbocycles. The predicted molar refractivity (Wildman–Crippen MR) is 196 cm³/mol. The van der Waals surface area contributed by atoms with Gasteiger partial charge >= 0.3 is 0 Å². The minimum atomic E-state index is -1.22. The molecule has 3 fully saturated rings. The number of nitrogens with zero attached hydrogens (tertiary/aromatic N) is 3. The van der Waals surface area contributed by atoms with E-state index in [0.717, 1.165) is 5.56 Å². The molecule has 3 heterocycles. The lowest BCUT2D eigenvalue weighted by Crippen LogP contribution is -2.62. The molecule has 3 amide bonds. The molecule has 9 nitrogen and oxygen atoms in total. The van der Waals surface area contributed by atoms with Gasteiger partial charge in [0.05, 0.1) is 37.2 Å².